The van der Waals surface area contributed by atoms with Crippen LogP contribution in [0.1, 0.15) is 0 Å². The number of fused-ring (bicyclic) bond motifs is 9. The Labute approximate surface area is 367 Å². The van der Waals surface area contributed by atoms with E-state index >= 15 is 0 Å². The molecule has 298 valence electrons. The minimum Gasteiger partial charge on any atom is -0.454 e. The highest BCUT2D eigenvalue weighted by Gasteiger charge is 2.20. The topological polar surface area (TPSA) is 69.6 Å². The number of nitrogens with zero attached hydrogens (tertiary/aromatic N) is 5. The standard InChI is InChI=1S/C58H35N5O/c1-2-10-36(11-3-1)42-24-20-39-21-25-43(35-44(39)34-42)57-60-56(61-58(62-57)54-55-48(32-33-59-54)47-14-7-9-17-52(47)64-55)41-22-18-37(19-23-41)38-26-29-45(30-27-38)63-50-16-8-6-15-49(50)53-46-13-5-4-12-40(46)28-31-51(53)63/h1-35H. The van der Waals surface area contributed by atoms with Crippen molar-refractivity contribution in [1.29, 1.82) is 0 Å². The molecule has 0 unspecified atom stereocenters. The second-order valence-electron chi connectivity index (χ2n) is 16.2. The maximum atomic E-state index is 6.43. The summed E-state index contributed by atoms with van der Waals surface area (Å²) in [6, 6.07) is 72.5. The fraction of sp³-hybridized carbons (Fsp3) is 0. The van der Waals surface area contributed by atoms with Gasteiger partial charge in [-0.15, -0.1) is 0 Å². The average Bonchev–Trinajstić information content (AvgIpc) is 3.93. The number of furan rings is 1. The number of hydrogen-bond donors (Lipinski definition) is 0. The van der Waals surface area contributed by atoms with Crippen LogP contribution in [0, 0.1) is 0 Å². The lowest BCUT2D eigenvalue weighted by Crippen LogP contribution is -2.01. The molecule has 0 saturated carbocycles. The molecule has 6 nitrogen and oxygen atoms in total. The number of hydrogen-bond acceptors (Lipinski definition) is 5. The van der Waals surface area contributed by atoms with E-state index in [1.807, 2.05) is 30.3 Å². The Kier molecular flexibility index (Phi) is 8.11. The molecule has 0 bridgehead atoms. The zero-order valence-electron chi connectivity index (χ0n) is 34.4. The zero-order chi connectivity index (χ0) is 42.1. The van der Waals surface area contributed by atoms with E-state index in [1.165, 1.54) is 38.1 Å². The van der Waals surface area contributed by atoms with Crippen molar-refractivity contribution in [3.63, 3.8) is 0 Å². The molecule has 64 heavy (non-hydrogen) atoms. The Bertz CT molecular complexity index is 3940. The van der Waals surface area contributed by atoms with Crippen LogP contribution in [0.15, 0.2) is 217 Å². The van der Waals surface area contributed by atoms with Crippen LogP contribution in [-0.4, -0.2) is 24.5 Å². The second-order valence-corrected chi connectivity index (χ2v) is 16.2. The highest BCUT2D eigenvalue weighted by atomic mass is 16.3. The van der Waals surface area contributed by atoms with Gasteiger partial charge in [-0.3, -0.25) is 0 Å². The van der Waals surface area contributed by atoms with Gasteiger partial charge in [-0.2, -0.15) is 0 Å². The Hall–Kier alpha value is -8.74. The lowest BCUT2D eigenvalue weighted by atomic mass is 10.00. The van der Waals surface area contributed by atoms with Gasteiger partial charge in [-0.05, 0) is 92.3 Å². The maximum Gasteiger partial charge on any atom is 0.186 e. The Morgan fingerprint density at radius 2 is 0.953 bits per heavy atom. The molecule has 4 heterocycles. The van der Waals surface area contributed by atoms with Gasteiger partial charge < -0.3 is 8.98 Å². The molecule has 13 rings (SSSR count). The molecule has 0 spiro atoms. The van der Waals surface area contributed by atoms with Crippen molar-refractivity contribution in [2.45, 2.75) is 0 Å². The van der Waals surface area contributed by atoms with Crippen molar-refractivity contribution in [2.75, 3.05) is 0 Å². The number of rotatable bonds is 6. The lowest BCUT2D eigenvalue weighted by molar-refractivity contribution is 0.667. The van der Waals surface area contributed by atoms with Crippen molar-refractivity contribution in [2.24, 2.45) is 0 Å². The maximum absolute atomic E-state index is 6.43. The first kappa shape index (κ1) is 36.0. The van der Waals surface area contributed by atoms with Crippen LogP contribution in [0.2, 0.25) is 0 Å². The van der Waals surface area contributed by atoms with Crippen LogP contribution in [0.5, 0.6) is 0 Å². The Morgan fingerprint density at radius 3 is 1.78 bits per heavy atom. The van der Waals surface area contributed by atoms with Crippen LogP contribution in [-0.2, 0) is 0 Å². The molecule has 4 aromatic heterocycles. The summed E-state index contributed by atoms with van der Waals surface area (Å²) in [6.45, 7) is 0. The molecule has 0 amide bonds. The highest BCUT2D eigenvalue weighted by Crippen LogP contribution is 2.38. The predicted molar refractivity (Wildman–Crippen MR) is 261 cm³/mol. The summed E-state index contributed by atoms with van der Waals surface area (Å²) >= 11 is 0. The Morgan fingerprint density at radius 1 is 0.359 bits per heavy atom. The van der Waals surface area contributed by atoms with Crippen molar-refractivity contribution in [3.8, 4) is 62.2 Å². The minimum absolute atomic E-state index is 0.445. The SMILES string of the molecule is c1ccc(-c2ccc3ccc(-c4nc(-c5ccc(-c6ccc(-n7c8ccccc8c8c9ccccc9ccc87)cc6)cc5)nc(-c5nccc6c5oc5ccccc56)n4)cc3c2)cc1. The highest BCUT2D eigenvalue weighted by molar-refractivity contribution is 6.21. The van der Waals surface area contributed by atoms with Gasteiger partial charge in [0.05, 0.1) is 11.0 Å². The van der Waals surface area contributed by atoms with Gasteiger partial charge in [-0.25, -0.2) is 19.9 Å². The van der Waals surface area contributed by atoms with Crippen LogP contribution < -0.4 is 0 Å². The van der Waals surface area contributed by atoms with Crippen LogP contribution in [0.4, 0.5) is 0 Å². The number of aromatic nitrogens is 5. The molecule has 0 aliphatic heterocycles. The van der Waals surface area contributed by atoms with E-state index in [2.05, 4.69) is 180 Å². The van der Waals surface area contributed by atoms with E-state index in [1.54, 1.807) is 6.20 Å². The molecule has 0 saturated heterocycles. The summed E-state index contributed by atoms with van der Waals surface area (Å²) in [6.07, 6.45) is 1.80. The largest absolute Gasteiger partial charge is 0.454 e. The molecule has 6 heteroatoms. The average molecular weight is 818 g/mol. The van der Waals surface area contributed by atoms with Crippen LogP contribution in [0.25, 0.3) is 128 Å². The van der Waals surface area contributed by atoms with Gasteiger partial charge in [0.1, 0.15) is 5.58 Å². The van der Waals surface area contributed by atoms with Gasteiger partial charge in [0.2, 0.25) is 0 Å². The molecule has 0 aliphatic rings. The van der Waals surface area contributed by atoms with Gasteiger partial charge in [0, 0.05) is 44.6 Å². The van der Waals surface area contributed by atoms with E-state index in [0.29, 0.717) is 28.8 Å². The molecule has 0 fully saturated rings. The van der Waals surface area contributed by atoms with Gasteiger partial charge in [0.25, 0.3) is 0 Å². The summed E-state index contributed by atoms with van der Waals surface area (Å²) in [5, 5.41) is 9.26. The van der Waals surface area contributed by atoms with Crippen molar-refractivity contribution in [1.82, 2.24) is 24.5 Å². The molecule has 0 atom stereocenters. The zero-order valence-corrected chi connectivity index (χ0v) is 34.4. The van der Waals surface area contributed by atoms with Crippen molar-refractivity contribution in [3.05, 3.63) is 212 Å². The summed E-state index contributed by atoms with van der Waals surface area (Å²) in [5.41, 5.74) is 11.8. The van der Waals surface area contributed by atoms with Gasteiger partial charge >= 0.3 is 0 Å². The summed E-state index contributed by atoms with van der Waals surface area (Å²) in [7, 11) is 0. The number of benzene rings is 9. The smallest absolute Gasteiger partial charge is 0.186 e. The molecule has 9 aromatic carbocycles. The molecule has 0 radical (unpaired) electrons. The van der Waals surface area contributed by atoms with Crippen molar-refractivity contribution < 1.29 is 4.42 Å². The first-order valence-corrected chi connectivity index (χ1v) is 21.4. The van der Waals surface area contributed by atoms with E-state index in [-0.39, 0.29) is 0 Å². The van der Waals surface area contributed by atoms with Crippen LogP contribution in [0.3, 0.4) is 0 Å². The third-order valence-corrected chi connectivity index (χ3v) is 12.5. The van der Waals surface area contributed by atoms with E-state index in [4.69, 9.17) is 24.4 Å². The Balaban J connectivity index is 0.900. The normalized spacial score (nSPS) is 11.8. The molecular weight excluding hydrogens is 783 g/mol. The lowest BCUT2D eigenvalue weighted by Gasteiger charge is -2.11. The van der Waals surface area contributed by atoms with Crippen molar-refractivity contribution >= 4 is 65.3 Å². The summed E-state index contributed by atoms with van der Waals surface area (Å²) in [4.78, 5) is 20.2. The molecule has 0 N–H and O–H groups in total. The monoisotopic (exact) mass is 817 g/mol. The van der Waals surface area contributed by atoms with E-state index in [0.717, 1.165) is 60.6 Å². The molecular formula is C58H35N5O. The molecule has 0 aliphatic carbocycles. The molecule has 13 aromatic rings. The third kappa shape index (κ3) is 5.88. The fourth-order valence-corrected chi connectivity index (χ4v) is 9.38. The second kappa shape index (κ2) is 14.4. The number of pyridine rings is 1. The van der Waals surface area contributed by atoms with E-state index in [9.17, 15) is 0 Å². The van der Waals surface area contributed by atoms with Crippen LogP contribution >= 0.6 is 0 Å². The van der Waals surface area contributed by atoms with Gasteiger partial charge in [0.15, 0.2) is 28.8 Å². The summed E-state index contributed by atoms with van der Waals surface area (Å²) in [5.74, 6) is 1.55. The first-order valence-electron chi connectivity index (χ1n) is 21.4. The quantitative estimate of drug-likeness (QED) is 0.167. The van der Waals surface area contributed by atoms with Gasteiger partial charge in [-0.1, -0.05) is 158 Å². The summed E-state index contributed by atoms with van der Waals surface area (Å²) < 4.78 is 8.81. The third-order valence-electron chi connectivity index (χ3n) is 12.5. The van der Waals surface area contributed by atoms with E-state index < -0.39 is 0 Å². The first-order chi connectivity index (χ1) is 31.7. The fourth-order valence-electron chi connectivity index (χ4n) is 9.38. The minimum atomic E-state index is 0.445. The predicted octanol–water partition coefficient (Wildman–Crippen LogP) is 14.9. The number of para-hydroxylation sites is 2.